The number of hydrogen-bond donors (Lipinski definition) is 1. The molecule has 1 heterocycles. The number of nitrogens with zero attached hydrogens (tertiary/aromatic N) is 3. The van der Waals surface area contributed by atoms with Gasteiger partial charge in [0.25, 0.3) is 0 Å². The molecule has 1 rings (SSSR count). The highest BCUT2D eigenvalue weighted by molar-refractivity contribution is 5.65. The van der Waals surface area contributed by atoms with E-state index >= 15 is 0 Å². The summed E-state index contributed by atoms with van der Waals surface area (Å²) in [6.45, 7) is 5.19. The second-order valence-corrected chi connectivity index (χ2v) is 4.28. The lowest BCUT2D eigenvalue weighted by Gasteiger charge is -2.40. The zero-order valence-corrected chi connectivity index (χ0v) is 10.1. The van der Waals surface area contributed by atoms with Crippen LogP contribution in [0.5, 0.6) is 0 Å². The molecule has 5 atom stereocenters. The molecule has 1 aliphatic heterocycles. The topological polar surface area (TPSA) is 105 Å². The van der Waals surface area contributed by atoms with Gasteiger partial charge in [0.05, 0.1) is 12.1 Å². The number of hydrogen-bond acceptors (Lipinski definition) is 5. The van der Waals surface area contributed by atoms with Gasteiger partial charge in [-0.05, 0) is 17.4 Å². The van der Waals surface area contributed by atoms with Gasteiger partial charge in [-0.3, -0.25) is 4.79 Å². The lowest BCUT2D eigenvalue weighted by atomic mass is 9.82. The van der Waals surface area contributed by atoms with Crippen LogP contribution in [0.4, 0.5) is 0 Å². The SMILES string of the molecule is CC(=O)OCC1OC(O)C(N=[N+]=[N-])[C@@H](C)[C@@H]1C. The average molecular weight is 243 g/mol. The maximum absolute atomic E-state index is 10.7. The highest BCUT2D eigenvalue weighted by Gasteiger charge is 2.40. The first-order valence-electron chi connectivity index (χ1n) is 5.48. The lowest BCUT2D eigenvalue weighted by molar-refractivity contribution is -0.218. The Balaban J connectivity index is 2.68. The fourth-order valence-corrected chi connectivity index (χ4v) is 1.91. The average Bonchev–Trinajstić information content (AvgIpc) is 2.27. The molecule has 0 saturated carbocycles. The molecular weight excluding hydrogens is 226 g/mol. The Bertz CT molecular complexity index is 330. The molecular formula is C10H17N3O4. The number of rotatable bonds is 3. The highest BCUT2D eigenvalue weighted by atomic mass is 16.6. The summed E-state index contributed by atoms with van der Waals surface area (Å²) in [5, 5.41) is 13.2. The standard InChI is InChI=1S/C10H17N3O4/c1-5-6(2)9(12-13-11)10(15)17-8(5)4-16-7(3)14/h5-6,8-10,15H,4H2,1-3H3/t5-,6-,8?,9?,10?/m0/s1. The summed E-state index contributed by atoms with van der Waals surface area (Å²) in [6.07, 6.45) is -1.54. The van der Waals surface area contributed by atoms with Crippen molar-refractivity contribution in [3.8, 4) is 0 Å². The van der Waals surface area contributed by atoms with Gasteiger partial charge in [-0.15, -0.1) is 0 Å². The number of ether oxygens (including phenoxy) is 2. The largest absolute Gasteiger partial charge is 0.463 e. The summed E-state index contributed by atoms with van der Waals surface area (Å²) in [5.41, 5.74) is 8.40. The molecule has 7 heteroatoms. The summed E-state index contributed by atoms with van der Waals surface area (Å²) < 4.78 is 10.2. The van der Waals surface area contributed by atoms with Gasteiger partial charge in [-0.2, -0.15) is 0 Å². The fourth-order valence-electron chi connectivity index (χ4n) is 1.91. The molecule has 0 bridgehead atoms. The van der Waals surface area contributed by atoms with E-state index in [0.717, 1.165) is 0 Å². The molecule has 1 aliphatic rings. The van der Waals surface area contributed by atoms with Crippen molar-refractivity contribution in [2.75, 3.05) is 6.61 Å². The molecule has 0 amide bonds. The van der Waals surface area contributed by atoms with Crippen molar-refractivity contribution in [1.82, 2.24) is 0 Å². The number of carbonyl (C=O) groups excluding carboxylic acids is 1. The predicted octanol–water partition coefficient (Wildman–Crippen LogP) is 1.22. The smallest absolute Gasteiger partial charge is 0.302 e. The summed E-state index contributed by atoms with van der Waals surface area (Å²) in [6, 6.07) is -0.608. The van der Waals surface area contributed by atoms with Crippen molar-refractivity contribution in [3.05, 3.63) is 10.4 Å². The first-order chi connectivity index (χ1) is 7.97. The molecule has 0 aromatic rings. The molecule has 1 fully saturated rings. The molecule has 0 radical (unpaired) electrons. The Morgan fingerprint density at radius 3 is 2.71 bits per heavy atom. The predicted molar refractivity (Wildman–Crippen MR) is 58.8 cm³/mol. The first-order valence-corrected chi connectivity index (χ1v) is 5.48. The normalized spacial score (nSPS) is 37.1. The van der Waals surface area contributed by atoms with E-state index < -0.39 is 12.3 Å². The van der Waals surface area contributed by atoms with Crippen LogP contribution in [0.1, 0.15) is 20.8 Å². The second-order valence-electron chi connectivity index (χ2n) is 4.28. The van der Waals surface area contributed by atoms with Gasteiger partial charge in [-0.25, -0.2) is 0 Å². The van der Waals surface area contributed by atoms with E-state index in [1.807, 2.05) is 13.8 Å². The summed E-state index contributed by atoms with van der Waals surface area (Å²) >= 11 is 0. The molecule has 0 aromatic heterocycles. The zero-order valence-electron chi connectivity index (χ0n) is 10.1. The van der Waals surface area contributed by atoms with E-state index in [1.54, 1.807) is 0 Å². The van der Waals surface area contributed by atoms with Crippen LogP contribution in [0, 0.1) is 11.8 Å². The Morgan fingerprint density at radius 2 is 2.18 bits per heavy atom. The molecule has 0 aliphatic carbocycles. The molecule has 96 valence electrons. The van der Waals surface area contributed by atoms with Gasteiger partial charge in [0.1, 0.15) is 6.61 Å². The van der Waals surface area contributed by atoms with Crippen LogP contribution in [-0.2, 0) is 14.3 Å². The third-order valence-electron chi connectivity index (χ3n) is 3.20. The van der Waals surface area contributed by atoms with Gasteiger partial charge < -0.3 is 14.6 Å². The maximum Gasteiger partial charge on any atom is 0.302 e. The summed E-state index contributed by atoms with van der Waals surface area (Å²) in [7, 11) is 0. The van der Waals surface area contributed by atoms with E-state index in [9.17, 15) is 9.90 Å². The molecule has 1 saturated heterocycles. The molecule has 17 heavy (non-hydrogen) atoms. The van der Waals surface area contributed by atoms with Crippen LogP contribution in [0.15, 0.2) is 5.11 Å². The van der Waals surface area contributed by atoms with Crippen molar-refractivity contribution in [1.29, 1.82) is 0 Å². The number of esters is 1. The van der Waals surface area contributed by atoms with E-state index in [2.05, 4.69) is 10.0 Å². The molecule has 0 aromatic carbocycles. The van der Waals surface area contributed by atoms with Crippen LogP contribution in [0.3, 0.4) is 0 Å². The Hall–Kier alpha value is -1.30. The fraction of sp³-hybridized carbons (Fsp3) is 0.900. The lowest BCUT2D eigenvalue weighted by Crippen LogP contribution is -2.49. The summed E-state index contributed by atoms with van der Waals surface area (Å²) in [5.74, 6) is -0.413. The first kappa shape index (κ1) is 13.8. The highest BCUT2D eigenvalue weighted by Crippen LogP contribution is 2.32. The Labute approximate surface area is 99.3 Å². The van der Waals surface area contributed by atoms with Crippen LogP contribution in [0.25, 0.3) is 10.4 Å². The summed E-state index contributed by atoms with van der Waals surface area (Å²) in [4.78, 5) is 13.4. The number of azide groups is 1. The Kier molecular flexibility index (Phi) is 4.74. The van der Waals surface area contributed by atoms with Crippen LogP contribution >= 0.6 is 0 Å². The van der Waals surface area contributed by atoms with E-state index in [4.69, 9.17) is 15.0 Å². The van der Waals surface area contributed by atoms with Gasteiger partial charge in [0, 0.05) is 11.8 Å². The number of carbonyl (C=O) groups is 1. The minimum absolute atomic E-state index is 0.0215. The van der Waals surface area contributed by atoms with Crippen molar-refractivity contribution >= 4 is 5.97 Å². The van der Waals surface area contributed by atoms with E-state index in [0.29, 0.717) is 0 Å². The van der Waals surface area contributed by atoms with Crippen molar-refractivity contribution in [2.24, 2.45) is 17.0 Å². The zero-order chi connectivity index (χ0) is 13.0. The number of aliphatic hydroxyl groups is 1. The van der Waals surface area contributed by atoms with Gasteiger partial charge >= 0.3 is 5.97 Å². The van der Waals surface area contributed by atoms with Crippen LogP contribution in [0.2, 0.25) is 0 Å². The molecule has 1 N–H and O–H groups in total. The maximum atomic E-state index is 10.7. The van der Waals surface area contributed by atoms with Crippen LogP contribution < -0.4 is 0 Å². The van der Waals surface area contributed by atoms with Crippen LogP contribution in [-0.4, -0.2) is 36.1 Å². The second kappa shape index (κ2) is 5.86. The van der Waals surface area contributed by atoms with Gasteiger partial charge in [0.15, 0.2) is 6.29 Å². The molecule has 7 nitrogen and oxygen atoms in total. The van der Waals surface area contributed by atoms with Crippen molar-refractivity contribution < 1.29 is 19.4 Å². The molecule has 0 spiro atoms. The monoisotopic (exact) mass is 243 g/mol. The Morgan fingerprint density at radius 1 is 1.53 bits per heavy atom. The van der Waals surface area contributed by atoms with E-state index in [-0.39, 0.29) is 30.5 Å². The number of aliphatic hydroxyl groups excluding tert-OH is 1. The quantitative estimate of drug-likeness (QED) is 0.348. The minimum Gasteiger partial charge on any atom is -0.463 e. The third kappa shape index (κ3) is 3.33. The van der Waals surface area contributed by atoms with E-state index in [1.165, 1.54) is 6.92 Å². The molecule has 3 unspecified atom stereocenters. The third-order valence-corrected chi connectivity index (χ3v) is 3.20. The van der Waals surface area contributed by atoms with Gasteiger partial charge in [-0.1, -0.05) is 19.0 Å². The van der Waals surface area contributed by atoms with Gasteiger partial charge in [0.2, 0.25) is 0 Å². The van der Waals surface area contributed by atoms with Crippen molar-refractivity contribution in [3.63, 3.8) is 0 Å². The van der Waals surface area contributed by atoms with Crippen molar-refractivity contribution in [2.45, 2.75) is 39.2 Å². The minimum atomic E-state index is -1.15.